The van der Waals surface area contributed by atoms with E-state index >= 15 is 0 Å². The van der Waals surface area contributed by atoms with E-state index in [4.69, 9.17) is 10.7 Å². The molecule has 1 heterocycles. The lowest BCUT2D eigenvalue weighted by molar-refractivity contribution is 0.375. The van der Waals surface area contributed by atoms with E-state index in [-0.39, 0.29) is 5.75 Å². The van der Waals surface area contributed by atoms with E-state index in [1.807, 2.05) is 0 Å². The summed E-state index contributed by atoms with van der Waals surface area (Å²) < 4.78 is 38.7. The van der Waals surface area contributed by atoms with E-state index in [0.717, 1.165) is 12.1 Å². The Morgan fingerprint density at radius 3 is 2.54 bits per heavy atom. The highest BCUT2D eigenvalue weighted by Gasteiger charge is 2.14. The summed E-state index contributed by atoms with van der Waals surface area (Å²) in [6, 6.07) is 2.20. The van der Waals surface area contributed by atoms with Crippen molar-refractivity contribution in [2.45, 2.75) is 5.03 Å². The molecule has 0 unspecified atom stereocenters. The normalized spacial score (nSPS) is 11.3. The van der Waals surface area contributed by atoms with Crippen LogP contribution in [0.5, 0.6) is 5.75 Å². The Labute approximate surface area is 78.7 Å². The number of pyridine rings is 1. The Morgan fingerprint density at radius 1 is 1.54 bits per heavy atom. The number of aromatic nitrogens is 1. The minimum Gasteiger partial charge on any atom is -0.492 e. The highest BCUT2D eigenvalue weighted by Crippen LogP contribution is 2.18. The van der Waals surface area contributed by atoms with Gasteiger partial charge in [-0.2, -0.15) is 4.39 Å². The minimum absolute atomic E-state index is 0.135. The molecule has 0 saturated carbocycles. The molecule has 4 nitrogen and oxygen atoms in total. The number of methoxy groups -OCH3 is 1. The summed E-state index contributed by atoms with van der Waals surface area (Å²) in [6.07, 6.45) is 0. The summed E-state index contributed by atoms with van der Waals surface area (Å²) in [5.74, 6) is -1.15. The third-order valence-corrected chi connectivity index (χ3v) is 2.46. The molecule has 0 saturated heterocycles. The first-order valence-electron chi connectivity index (χ1n) is 3.10. The molecule has 1 rings (SSSR count). The molecular weight excluding hydrogens is 221 g/mol. The molecule has 0 N–H and O–H groups in total. The third-order valence-electron chi connectivity index (χ3n) is 1.26. The van der Waals surface area contributed by atoms with Gasteiger partial charge < -0.3 is 4.74 Å². The van der Waals surface area contributed by atoms with Gasteiger partial charge in [-0.25, -0.2) is 13.4 Å². The van der Waals surface area contributed by atoms with Crippen molar-refractivity contribution < 1.29 is 17.5 Å². The Hall–Kier alpha value is -0.880. The number of hydrogen-bond donors (Lipinski definition) is 0. The van der Waals surface area contributed by atoms with Crippen LogP contribution in [0.3, 0.4) is 0 Å². The van der Waals surface area contributed by atoms with E-state index in [2.05, 4.69) is 9.72 Å². The first-order valence-corrected chi connectivity index (χ1v) is 5.41. The zero-order valence-electron chi connectivity index (χ0n) is 6.49. The lowest BCUT2D eigenvalue weighted by Crippen LogP contribution is -1.99. The molecule has 0 bridgehead atoms. The van der Waals surface area contributed by atoms with Gasteiger partial charge in [0.2, 0.25) is 0 Å². The Balaban J connectivity index is 3.26. The fourth-order valence-corrected chi connectivity index (χ4v) is 1.37. The average molecular weight is 226 g/mol. The van der Waals surface area contributed by atoms with Crippen LogP contribution >= 0.6 is 10.7 Å². The average Bonchev–Trinajstić information content (AvgIpc) is 2.02. The molecule has 0 spiro atoms. The van der Waals surface area contributed by atoms with Crippen LogP contribution in [-0.4, -0.2) is 20.5 Å². The van der Waals surface area contributed by atoms with Gasteiger partial charge in [0.25, 0.3) is 15.0 Å². The molecule has 0 aliphatic rings. The van der Waals surface area contributed by atoms with Gasteiger partial charge in [0.15, 0.2) is 10.8 Å². The molecule has 0 fully saturated rings. The zero-order valence-corrected chi connectivity index (χ0v) is 8.06. The van der Waals surface area contributed by atoms with E-state index in [0.29, 0.717) is 0 Å². The molecule has 0 radical (unpaired) electrons. The Kier molecular flexibility index (Phi) is 2.72. The van der Waals surface area contributed by atoms with Crippen molar-refractivity contribution in [3.8, 4) is 5.75 Å². The van der Waals surface area contributed by atoms with Gasteiger partial charge in [0.05, 0.1) is 7.11 Å². The first-order chi connectivity index (χ1) is 5.95. The Morgan fingerprint density at radius 2 is 2.15 bits per heavy atom. The highest BCUT2D eigenvalue weighted by atomic mass is 35.7. The summed E-state index contributed by atoms with van der Waals surface area (Å²) in [4.78, 5) is 3.10. The van der Waals surface area contributed by atoms with Crippen LogP contribution in [0.2, 0.25) is 0 Å². The van der Waals surface area contributed by atoms with Gasteiger partial charge in [-0.15, -0.1) is 0 Å². The molecule has 0 atom stereocenters. The van der Waals surface area contributed by atoms with Crippen LogP contribution in [-0.2, 0) is 9.05 Å². The van der Waals surface area contributed by atoms with Gasteiger partial charge in [-0.3, -0.25) is 0 Å². The molecule has 1 aromatic rings. The third kappa shape index (κ3) is 2.28. The largest absolute Gasteiger partial charge is 0.492 e. The van der Waals surface area contributed by atoms with E-state index < -0.39 is 20.0 Å². The zero-order chi connectivity index (χ0) is 10.1. The van der Waals surface area contributed by atoms with Crippen LogP contribution in [0.15, 0.2) is 17.2 Å². The summed E-state index contributed by atoms with van der Waals surface area (Å²) in [7, 11) is 2.19. The number of nitrogens with zero attached hydrogens (tertiary/aromatic N) is 1. The number of hydrogen-bond acceptors (Lipinski definition) is 4. The van der Waals surface area contributed by atoms with Gasteiger partial charge in [0.1, 0.15) is 0 Å². The second-order valence-corrected chi connectivity index (χ2v) is 4.59. The molecule has 0 aromatic carbocycles. The van der Waals surface area contributed by atoms with Crippen molar-refractivity contribution in [2.75, 3.05) is 7.11 Å². The summed E-state index contributed by atoms with van der Waals surface area (Å²) in [6.45, 7) is 0. The molecule has 7 heteroatoms. The molecular formula is C6H5ClFNO3S. The monoisotopic (exact) mass is 225 g/mol. The fraction of sp³-hybridized carbons (Fsp3) is 0.167. The van der Waals surface area contributed by atoms with Crippen molar-refractivity contribution in [1.29, 1.82) is 0 Å². The van der Waals surface area contributed by atoms with E-state index in [1.165, 1.54) is 7.11 Å². The van der Waals surface area contributed by atoms with Crippen molar-refractivity contribution in [3.63, 3.8) is 0 Å². The Bertz CT molecular complexity index is 420. The summed E-state index contributed by atoms with van der Waals surface area (Å²) in [5.41, 5.74) is 0. The lowest BCUT2D eigenvalue weighted by atomic mass is 10.4. The van der Waals surface area contributed by atoms with Gasteiger partial charge in [0, 0.05) is 10.7 Å². The minimum atomic E-state index is -3.98. The van der Waals surface area contributed by atoms with E-state index in [1.54, 1.807) is 0 Å². The first kappa shape index (κ1) is 10.2. The van der Waals surface area contributed by atoms with Crippen LogP contribution in [0.1, 0.15) is 0 Å². The smallest absolute Gasteiger partial charge is 0.278 e. The predicted octanol–water partition coefficient (Wildman–Crippen LogP) is 1.16. The van der Waals surface area contributed by atoms with Gasteiger partial charge >= 0.3 is 0 Å². The fourth-order valence-electron chi connectivity index (χ4n) is 0.693. The predicted molar refractivity (Wildman–Crippen MR) is 43.8 cm³/mol. The number of rotatable bonds is 2. The maximum atomic E-state index is 12.8. The van der Waals surface area contributed by atoms with Crippen LogP contribution in [0.4, 0.5) is 4.39 Å². The topological polar surface area (TPSA) is 56.3 Å². The van der Waals surface area contributed by atoms with Crippen LogP contribution in [0, 0.1) is 5.95 Å². The van der Waals surface area contributed by atoms with Crippen LogP contribution < -0.4 is 4.74 Å². The van der Waals surface area contributed by atoms with Gasteiger partial charge in [-0.1, -0.05) is 0 Å². The highest BCUT2D eigenvalue weighted by molar-refractivity contribution is 8.13. The quantitative estimate of drug-likeness (QED) is 0.560. The van der Waals surface area contributed by atoms with Crippen molar-refractivity contribution in [2.24, 2.45) is 0 Å². The SMILES string of the molecule is COc1ccc(S(=O)(=O)Cl)nc1F. The summed E-state index contributed by atoms with van der Waals surface area (Å²) >= 11 is 0. The maximum Gasteiger partial charge on any atom is 0.278 e. The molecule has 1 aromatic heterocycles. The van der Waals surface area contributed by atoms with Crippen molar-refractivity contribution in [1.82, 2.24) is 4.98 Å². The van der Waals surface area contributed by atoms with E-state index in [9.17, 15) is 12.8 Å². The standard InChI is InChI=1S/C6H5ClFNO3S/c1-12-4-2-3-5(9-6(4)8)13(7,10)11/h2-3H,1H3. The van der Waals surface area contributed by atoms with Crippen molar-refractivity contribution >= 4 is 19.7 Å². The lowest BCUT2D eigenvalue weighted by Gasteiger charge is -2.00. The molecule has 0 aliphatic heterocycles. The van der Waals surface area contributed by atoms with Crippen LogP contribution in [0.25, 0.3) is 0 Å². The molecule has 72 valence electrons. The molecule has 0 aliphatic carbocycles. The number of halogens is 2. The molecule has 0 amide bonds. The molecule has 13 heavy (non-hydrogen) atoms. The van der Waals surface area contributed by atoms with Gasteiger partial charge in [-0.05, 0) is 12.1 Å². The maximum absolute atomic E-state index is 12.8. The number of ether oxygens (including phenoxy) is 1. The summed E-state index contributed by atoms with van der Waals surface area (Å²) in [5, 5.41) is -0.535. The van der Waals surface area contributed by atoms with Crippen molar-refractivity contribution in [3.05, 3.63) is 18.1 Å². The second kappa shape index (κ2) is 3.47. The second-order valence-electron chi connectivity index (χ2n) is 2.08.